The van der Waals surface area contributed by atoms with Gasteiger partial charge < -0.3 is 11.1 Å². The summed E-state index contributed by atoms with van der Waals surface area (Å²) in [7, 11) is -3.34. The van der Waals surface area contributed by atoms with Crippen LogP contribution in [0.15, 0.2) is 24.3 Å². The van der Waals surface area contributed by atoms with Gasteiger partial charge in [0.05, 0.1) is 11.8 Å². The Balaban J connectivity index is 2.07. The summed E-state index contributed by atoms with van der Waals surface area (Å²) in [5.74, 6) is 0.292. The summed E-state index contributed by atoms with van der Waals surface area (Å²) >= 11 is 0. The third kappa shape index (κ3) is 5.03. The van der Waals surface area contributed by atoms with Crippen molar-refractivity contribution in [3.8, 4) is 0 Å². The van der Waals surface area contributed by atoms with Crippen LogP contribution in [-0.4, -0.2) is 37.8 Å². The first-order valence-electron chi connectivity index (χ1n) is 8.37. The van der Waals surface area contributed by atoms with Crippen LogP contribution >= 0.6 is 0 Å². The summed E-state index contributed by atoms with van der Waals surface area (Å²) in [4.78, 5) is 11.6. The fourth-order valence-corrected chi connectivity index (χ4v) is 4.39. The number of hydrogen-bond acceptors (Lipinski definition) is 4. The molecule has 134 valence electrons. The molecular weight excluding hydrogens is 326 g/mol. The van der Waals surface area contributed by atoms with Crippen molar-refractivity contribution in [2.45, 2.75) is 45.0 Å². The smallest absolute Gasteiger partial charge is 0.236 e. The molecule has 0 bridgehead atoms. The molecule has 7 heteroatoms. The standard InChI is InChI=1S/C17H27N3O3S/c1-13-7-9-20(10-8-13)24(22,23)12-16-6-4-3-5-15(16)11-19-17(21)14(2)18/h3-6,13-14H,7-12,18H2,1-2H3,(H,19,21)/t14-/m1/s1. The highest BCUT2D eigenvalue weighted by Gasteiger charge is 2.27. The highest BCUT2D eigenvalue weighted by molar-refractivity contribution is 7.88. The van der Waals surface area contributed by atoms with Gasteiger partial charge in [0, 0.05) is 19.6 Å². The molecule has 1 amide bonds. The van der Waals surface area contributed by atoms with Crippen molar-refractivity contribution in [3.63, 3.8) is 0 Å². The van der Waals surface area contributed by atoms with Gasteiger partial charge in [0.2, 0.25) is 15.9 Å². The van der Waals surface area contributed by atoms with Crippen LogP contribution in [0.2, 0.25) is 0 Å². The van der Waals surface area contributed by atoms with E-state index in [1.807, 2.05) is 18.2 Å². The fourth-order valence-electron chi connectivity index (χ4n) is 2.76. The average Bonchev–Trinajstić information content (AvgIpc) is 2.53. The van der Waals surface area contributed by atoms with Gasteiger partial charge in [0.1, 0.15) is 0 Å². The first-order valence-corrected chi connectivity index (χ1v) is 9.98. The predicted molar refractivity (Wildman–Crippen MR) is 94.5 cm³/mol. The van der Waals surface area contributed by atoms with E-state index in [0.29, 0.717) is 19.0 Å². The van der Waals surface area contributed by atoms with Gasteiger partial charge in [-0.25, -0.2) is 12.7 Å². The van der Waals surface area contributed by atoms with Gasteiger partial charge in [0.15, 0.2) is 0 Å². The molecule has 1 atom stereocenters. The number of nitrogens with two attached hydrogens (primary N) is 1. The van der Waals surface area contributed by atoms with Gasteiger partial charge in [-0.3, -0.25) is 4.79 Å². The fraction of sp³-hybridized carbons (Fsp3) is 0.588. The Morgan fingerprint density at radius 1 is 1.29 bits per heavy atom. The summed E-state index contributed by atoms with van der Waals surface area (Å²) in [6.45, 7) is 5.23. The third-order valence-corrected chi connectivity index (χ3v) is 6.29. The molecule has 2 rings (SSSR count). The SMILES string of the molecule is CC1CCN(S(=O)(=O)Cc2ccccc2CNC(=O)[C@@H](C)N)CC1. The van der Waals surface area contributed by atoms with Gasteiger partial charge in [-0.1, -0.05) is 31.2 Å². The van der Waals surface area contributed by atoms with Crippen molar-refractivity contribution in [3.05, 3.63) is 35.4 Å². The van der Waals surface area contributed by atoms with Crippen molar-refractivity contribution in [1.29, 1.82) is 0 Å². The van der Waals surface area contributed by atoms with E-state index in [1.165, 1.54) is 0 Å². The minimum absolute atomic E-state index is 0.0361. The lowest BCUT2D eigenvalue weighted by atomic mass is 10.0. The Labute approximate surface area is 144 Å². The summed E-state index contributed by atoms with van der Waals surface area (Å²) in [6, 6.07) is 6.71. The van der Waals surface area contributed by atoms with Crippen LogP contribution in [0.25, 0.3) is 0 Å². The monoisotopic (exact) mass is 353 g/mol. The number of hydrogen-bond donors (Lipinski definition) is 2. The summed E-state index contributed by atoms with van der Waals surface area (Å²) < 4.78 is 26.9. The number of nitrogens with one attached hydrogen (secondary N) is 1. The zero-order valence-corrected chi connectivity index (χ0v) is 15.2. The van der Waals surface area contributed by atoms with E-state index in [9.17, 15) is 13.2 Å². The zero-order chi connectivity index (χ0) is 17.7. The maximum atomic E-state index is 12.7. The van der Waals surface area contributed by atoms with Crippen LogP contribution in [0.5, 0.6) is 0 Å². The minimum Gasteiger partial charge on any atom is -0.351 e. The molecule has 0 unspecified atom stereocenters. The van der Waals surface area contributed by atoms with E-state index >= 15 is 0 Å². The molecule has 1 saturated heterocycles. The van der Waals surface area contributed by atoms with E-state index in [2.05, 4.69) is 12.2 Å². The first-order chi connectivity index (χ1) is 11.3. The normalized spacial score (nSPS) is 18.3. The lowest BCUT2D eigenvalue weighted by Crippen LogP contribution is -2.39. The number of carbonyl (C=O) groups is 1. The number of piperidine rings is 1. The third-order valence-electron chi connectivity index (χ3n) is 4.46. The first kappa shape index (κ1) is 18.9. The number of nitrogens with zero attached hydrogens (tertiary/aromatic N) is 1. The maximum absolute atomic E-state index is 12.7. The van der Waals surface area contributed by atoms with Crippen LogP contribution in [0.4, 0.5) is 0 Å². The summed E-state index contributed by atoms with van der Waals surface area (Å²) in [5, 5.41) is 2.74. The average molecular weight is 353 g/mol. The molecular formula is C17H27N3O3S. The molecule has 0 radical (unpaired) electrons. The maximum Gasteiger partial charge on any atom is 0.236 e. The van der Waals surface area contributed by atoms with Crippen LogP contribution in [0.1, 0.15) is 37.8 Å². The molecule has 0 aromatic heterocycles. The number of sulfonamides is 1. The predicted octanol–water partition coefficient (Wildman–Crippen LogP) is 1.21. The Bertz CT molecular complexity index is 665. The molecule has 1 aliphatic rings. The minimum atomic E-state index is -3.34. The molecule has 1 aromatic carbocycles. The van der Waals surface area contributed by atoms with E-state index in [1.54, 1.807) is 17.3 Å². The van der Waals surface area contributed by atoms with Crippen molar-refractivity contribution < 1.29 is 13.2 Å². The molecule has 0 spiro atoms. The van der Waals surface area contributed by atoms with E-state index in [-0.39, 0.29) is 18.2 Å². The largest absolute Gasteiger partial charge is 0.351 e. The second-order valence-corrected chi connectivity index (χ2v) is 8.58. The molecule has 0 saturated carbocycles. The summed E-state index contributed by atoms with van der Waals surface area (Å²) in [5.41, 5.74) is 7.06. The topological polar surface area (TPSA) is 92.5 Å². The number of amides is 1. The molecule has 1 aliphatic heterocycles. The zero-order valence-electron chi connectivity index (χ0n) is 14.4. The van der Waals surface area contributed by atoms with Crippen molar-refractivity contribution in [2.24, 2.45) is 11.7 Å². The number of carbonyl (C=O) groups excluding carboxylic acids is 1. The van der Waals surface area contributed by atoms with Crippen molar-refractivity contribution in [1.82, 2.24) is 9.62 Å². The van der Waals surface area contributed by atoms with Crippen molar-refractivity contribution >= 4 is 15.9 Å². The number of rotatable bonds is 6. The molecule has 1 heterocycles. The van der Waals surface area contributed by atoms with Crippen LogP contribution in [-0.2, 0) is 27.1 Å². The highest BCUT2D eigenvalue weighted by Crippen LogP contribution is 2.22. The van der Waals surface area contributed by atoms with Crippen LogP contribution < -0.4 is 11.1 Å². The molecule has 6 nitrogen and oxygen atoms in total. The van der Waals surface area contributed by atoms with Crippen LogP contribution in [0, 0.1) is 5.92 Å². The van der Waals surface area contributed by atoms with Gasteiger partial charge in [-0.2, -0.15) is 0 Å². The molecule has 24 heavy (non-hydrogen) atoms. The van der Waals surface area contributed by atoms with Crippen LogP contribution in [0.3, 0.4) is 0 Å². The Hall–Kier alpha value is -1.44. The lowest BCUT2D eigenvalue weighted by Gasteiger charge is -2.29. The van der Waals surface area contributed by atoms with Gasteiger partial charge >= 0.3 is 0 Å². The number of benzene rings is 1. The van der Waals surface area contributed by atoms with E-state index in [0.717, 1.165) is 24.0 Å². The Kier molecular flexibility index (Phi) is 6.37. The van der Waals surface area contributed by atoms with Gasteiger partial charge in [-0.05, 0) is 36.8 Å². The Morgan fingerprint density at radius 2 is 1.88 bits per heavy atom. The quantitative estimate of drug-likeness (QED) is 0.804. The summed E-state index contributed by atoms with van der Waals surface area (Å²) in [6.07, 6.45) is 1.82. The van der Waals surface area contributed by atoms with Gasteiger partial charge in [0.25, 0.3) is 0 Å². The van der Waals surface area contributed by atoms with Crippen molar-refractivity contribution in [2.75, 3.05) is 13.1 Å². The second kappa shape index (κ2) is 8.09. The molecule has 3 N–H and O–H groups in total. The molecule has 1 fully saturated rings. The van der Waals surface area contributed by atoms with Gasteiger partial charge in [-0.15, -0.1) is 0 Å². The lowest BCUT2D eigenvalue weighted by molar-refractivity contribution is -0.122. The Morgan fingerprint density at radius 3 is 2.46 bits per heavy atom. The molecule has 0 aliphatic carbocycles. The second-order valence-electron chi connectivity index (χ2n) is 6.61. The van der Waals surface area contributed by atoms with E-state index < -0.39 is 16.1 Å². The highest BCUT2D eigenvalue weighted by atomic mass is 32.2. The molecule has 1 aromatic rings. The van der Waals surface area contributed by atoms with E-state index in [4.69, 9.17) is 5.73 Å².